The topological polar surface area (TPSA) is 70.8 Å². The molecule has 1 rings (SSSR count). The summed E-state index contributed by atoms with van der Waals surface area (Å²) in [4.78, 5) is 10.2. The summed E-state index contributed by atoms with van der Waals surface area (Å²) in [5, 5.41) is 10.7. The van der Waals surface area contributed by atoms with Crippen LogP contribution in [-0.2, 0) is 0 Å². The maximum atomic E-state index is 10.7. The van der Waals surface area contributed by atoms with Crippen molar-refractivity contribution in [1.29, 1.82) is 0 Å². The van der Waals surface area contributed by atoms with Gasteiger partial charge in [-0.25, -0.2) is 0 Å². The Morgan fingerprint density at radius 1 is 1.25 bits per heavy atom. The molecule has 0 bridgehead atoms. The first-order valence-corrected chi connectivity index (χ1v) is 6.14. The van der Waals surface area contributed by atoms with Gasteiger partial charge in [0.25, 0.3) is 0 Å². The molecule has 6 nitrogen and oxygen atoms in total. The van der Waals surface area contributed by atoms with Gasteiger partial charge < -0.3 is 14.2 Å². The number of hydrogen-bond donors (Lipinski definition) is 0. The van der Waals surface area contributed by atoms with Crippen LogP contribution < -0.4 is 14.2 Å². The summed E-state index contributed by atoms with van der Waals surface area (Å²) in [5.41, 5.74) is 0.649. The number of allylic oxidation sites excluding steroid dienone is 1. The molecule has 0 saturated carbocycles. The first-order valence-electron chi connectivity index (χ1n) is 6.14. The minimum absolute atomic E-state index is 0.0339. The fraction of sp³-hybridized carbons (Fsp3) is 0.429. The molecule has 0 unspecified atom stereocenters. The van der Waals surface area contributed by atoms with Crippen molar-refractivity contribution in [3.05, 3.63) is 33.5 Å². The lowest BCUT2D eigenvalue weighted by molar-refractivity contribution is -0.422. The lowest BCUT2D eigenvalue weighted by Crippen LogP contribution is -2.08. The molecule has 110 valence electrons. The molecule has 0 amide bonds. The van der Waals surface area contributed by atoms with Gasteiger partial charge in [-0.1, -0.05) is 0 Å². The van der Waals surface area contributed by atoms with E-state index in [0.29, 0.717) is 22.8 Å². The summed E-state index contributed by atoms with van der Waals surface area (Å²) < 4.78 is 16.2. The summed E-state index contributed by atoms with van der Waals surface area (Å²) in [6.07, 6.45) is 1.41. The van der Waals surface area contributed by atoms with E-state index in [9.17, 15) is 10.1 Å². The van der Waals surface area contributed by atoms with Crippen molar-refractivity contribution >= 4 is 6.08 Å². The van der Waals surface area contributed by atoms with Crippen LogP contribution in [0.2, 0.25) is 0 Å². The van der Waals surface area contributed by atoms with Crippen LogP contribution in [0.4, 0.5) is 0 Å². The fourth-order valence-electron chi connectivity index (χ4n) is 1.63. The summed E-state index contributed by atoms with van der Waals surface area (Å²) >= 11 is 0. The Kier molecular flexibility index (Phi) is 5.37. The van der Waals surface area contributed by atoms with Crippen LogP contribution in [0.3, 0.4) is 0 Å². The van der Waals surface area contributed by atoms with Crippen molar-refractivity contribution < 1.29 is 19.1 Å². The van der Waals surface area contributed by atoms with Crippen molar-refractivity contribution in [3.8, 4) is 17.2 Å². The van der Waals surface area contributed by atoms with E-state index in [2.05, 4.69) is 0 Å². The minimum atomic E-state index is -0.447. The molecule has 0 saturated heterocycles. The van der Waals surface area contributed by atoms with Gasteiger partial charge in [-0.05, 0) is 31.5 Å². The molecule has 0 aliphatic carbocycles. The predicted molar refractivity (Wildman–Crippen MR) is 76.0 cm³/mol. The average Bonchev–Trinajstić information content (AvgIpc) is 2.39. The van der Waals surface area contributed by atoms with Gasteiger partial charge in [0.1, 0.15) is 0 Å². The number of rotatable bonds is 6. The Labute approximate surface area is 118 Å². The predicted octanol–water partition coefficient (Wildman–Crippen LogP) is 3.13. The standard InChI is InChI=1S/C14H19NO5/c1-9(2)20-14-12(18-4)7-11(8-13(14)19-5)6-10(3)15(16)17/h6-9H,1-5H3. The van der Waals surface area contributed by atoms with Crippen molar-refractivity contribution in [2.75, 3.05) is 14.2 Å². The summed E-state index contributed by atoms with van der Waals surface area (Å²) in [7, 11) is 3.02. The third-order valence-corrected chi connectivity index (χ3v) is 2.50. The third-order valence-electron chi connectivity index (χ3n) is 2.50. The number of nitro groups is 1. The molecule has 0 radical (unpaired) electrons. The second-order valence-corrected chi connectivity index (χ2v) is 4.46. The number of methoxy groups -OCH3 is 2. The van der Waals surface area contributed by atoms with Crippen molar-refractivity contribution in [3.63, 3.8) is 0 Å². The molecule has 0 N–H and O–H groups in total. The molecule has 20 heavy (non-hydrogen) atoms. The number of hydrogen-bond acceptors (Lipinski definition) is 5. The van der Waals surface area contributed by atoms with Crippen LogP contribution in [0.25, 0.3) is 6.08 Å². The Hall–Kier alpha value is -2.24. The average molecular weight is 281 g/mol. The Bertz CT molecular complexity index is 497. The molecular weight excluding hydrogens is 262 g/mol. The van der Waals surface area contributed by atoms with Gasteiger partial charge >= 0.3 is 0 Å². The monoisotopic (exact) mass is 281 g/mol. The van der Waals surface area contributed by atoms with E-state index >= 15 is 0 Å². The Morgan fingerprint density at radius 3 is 2.10 bits per heavy atom. The van der Waals surface area contributed by atoms with E-state index in [-0.39, 0.29) is 11.8 Å². The highest BCUT2D eigenvalue weighted by Gasteiger charge is 2.15. The normalized spacial score (nSPS) is 11.4. The number of nitrogens with zero attached hydrogens (tertiary/aromatic N) is 1. The molecule has 0 fully saturated rings. The summed E-state index contributed by atoms with van der Waals surface area (Å²) in [6.45, 7) is 5.21. The smallest absolute Gasteiger partial charge is 0.243 e. The maximum Gasteiger partial charge on any atom is 0.243 e. The lowest BCUT2D eigenvalue weighted by Gasteiger charge is -2.17. The molecule has 0 aliphatic heterocycles. The van der Waals surface area contributed by atoms with Crippen LogP contribution in [0.1, 0.15) is 26.3 Å². The van der Waals surface area contributed by atoms with Gasteiger partial charge in [0.15, 0.2) is 11.5 Å². The zero-order valence-corrected chi connectivity index (χ0v) is 12.3. The van der Waals surface area contributed by atoms with Crippen LogP contribution in [0, 0.1) is 10.1 Å². The van der Waals surface area contributed by atoms with E-state index in [0.717, 1.165) is 0 Å². The van der Waals surface area contributed by atoms with Gasteiger partial charge in [0.2, 0.25) is 11.4 Å². The highest BCUT2D eigenvalue weighted by Crippen LogP contribution is 2.39. The van der Waals surface area contributed by atoms with Crippen LogP contribution in [0.5, 0.6) is 17.2 Å². The first-order chi connectivity index (χ1) is 9.38. The van der Waals surface area contributed by atoms with Crippen LogP contribution in [0.15, 0.2) is 17.8 Å². The quantitative estimate of drug-likeness (QED) is 0.591. The van der Waals surface area contributed by atoms with Gasteiger partial charge in [-0.3, -0.25) is 10.1 Å². The third kappa shape index (κ3) is 3.88. The summed E-state index contributed by atoms with van der Waals surface area (Å²) in [6, 6.07) is 3.35. The highest BCUT2D eigenvalue weighted by atomic mass is 16.6. The van der Waals surface area contributed by atoms with E-state index < -0.39 is 4.92 Å². The molecule has 0 atom stereocenters. The molecule has 1 aromatic rings. The zero-order valence-electron chi connectivity index (χ0n) is 12.3. The van der Waals surface area contributed by atoms with Crippen molar-refractivity contribution in [1.82, 2.24) is 0 Å². The Morgan fingerprint density at radius 2 is 1.75 bits per heavy atom. The van der Waals surface area contributed by atoms with Crippen molar-refractivity contribution in [2.45, 2.75) is 26.9 Å². The summed E-state index contributed by atoms with van der Waals surface area (Å²) in [5.74, 6) is 1.43. The fourth-order valence-corrected chi connectivity index (χ4v) is 1.63. The van der Waals surface area contributed by atoms with E-state index in [4.69, 9.17) is 14.2 Å². The molecule has 0 spiro atoms. The van der Waals surface area contributed by atoms with E-state index in [1.54, 1.807) is 12.1 Å². The second-order valence-electron chi connectivity index (χ2n) is 4.46. The van der Waals surface area contributed by atoms with Gasteiger partial charge in [0, 0.05) is 13.0 Å². The van der Waals surface area contributed by atoms with E-state index in [1.165, 1.54) is 27.2 Å². The minimum Gasteiger partial charge on any atom is -0.493 e. The highest BCUT2D eigenvalue weighted by molar-refractivity contribution is 5.62. The second kappa shape index (κ2) is 6.79. The number of benzene rings is 1. The van der Waals surface area contributed by atoms with E-state index in [1.807, 2.05) is 13.8 Å². The number of ether oxygens (including phenoxy) is 3. The van der Waals surface area contributed by atoms with Crippen LogP contribution in [-0.4, -0.2) is 25.2 Å². The molecule has 1 aromatic carbocycles. The largest absolute Gasteiger partial charge is 0.493 e. The molecule has 0 heterocycles. The zero-order chi connectivity index (χ0) is 15.3. The molecular formula is C14H19NO5. The Balaban J connectivity index is 3.32. The van der Waals surface area contributed by atoms with Crippen molar-refractivity contribution in [2.24, 2.45) is 0 Å². The van der Waals surface area contributed by atoms with Gasteiger partial charge in [0.05, 0.1) is 25.2 Å². The first kappa shape index (κ1) is 15.8. The molecule has 6 heteroatoms. The van der Waals surface area contributed by atoms with Crippen LogP contribution >= 0.6 is 0 Å². The van der Waals surface area contributed by atoms with Gasteiger partial charge in [-0.2, -0.15) is 0 Å². The molecule has 0 aliphatic rings. The maximum absolute atomic E-state index is 10.7. The SMILES string of the molecule is COc1cc(C=C(C)[N+](=O)[O-])cc(OC)c1OC(C)C. The lowest BCUT2D eigenvalue weighted by atomic mass is 10.1. The van der Waals surface area contributed by atoms with Gasteiger partial charge in [-0.15, -0.1) is 0 Å². The molecule has 0 aromatic heterocycles.